The number of nitrogens with zero attached hydrogens (tertiary/aromatic N) is 1. The van der Waals surface area contributed by atoms with Crippen LogP contribution in [-0.2, 0) is 9.53 Å². The molecule has 0 saturated carbocycles. The second-order valence-electron chi connectivity index (χ2n) is 7.16. The Morgan fingerprint density at radius 3 is 1.85 bits per heavy atom. The molecule has 3 heterocycles. The van der Waals surface area contributed by atoms with Crippen LogP contribution in [0.5, 0.6) is 0 Å². The molecule has 2 aromatic carbocycles. The van der Waals surface area contributed by atoms with E-state index in [-0.39, 0.29) is 11.9 Å². The first-order valence-corrected chi connectivity index (χ1v) is 9.79. The van der Waals surface area contributed by atoms with E-state index in [1.165, 1.54) is 0 Å². The molecule has 3 aliphatic rings. The summed E-state index contributed by atoms with van der Waals surface area (Å²) >= 11 is 12.0. The number of benzene rings is 2. The van der Waals surface area contributed by atoms with Gasteiger partial charge in [-0.3, -0.25) is 4.79 Å². The fourth-order valence-corrected chi connectivity index (χ4v) is 4.29. The van der Waals surface area contributed by atoms with Crippen molar-refractivity contribution in [3.05, 3.63) is 69.7 Å². The largest absolute Gasteiger partial charge is 0.452 e. The first-order valence-electron chi connectivity index (χ1n) is 9.04. The maximum absolute atomic E-state index is 13.0. The molecule has 5 rings (SSSR count). The fraction of sp³-hybridized carbons (Fsp3) is 0.381. The van der Waals surface area contributed by atoms with E-state index >= 15 is 0 Å². The van der Waals surface area contributed by atoms with Gasteiger partial charge in [0.2, 0.25) is 0 Å². The number of carbonyl (C=O) groups excluding carboxylic acids is 1. The van der Waals surface area contributed by atoms with Gasteiger partial charge >= 0.3 is 5.97 Å². The van der Waals surface area contributed by atoms with E-state index < -0.39 is 6.10 Å². The lowest BCUT2D eigenvalue weighted by molar-refractivity contribution is -0.159. The molecule has 0 N–H and O–H groups in total. The molecule has 1 unspecified atom stereocenters. The van der Waals surface area contributed by atoms with Gasteiger partial charge in [-0.25, -0.2) is 0 Å². The summed E-state index contributed by atoms with van der Waals surface area (Å²) in [5.74, 6) is 0.317. The summed E-state index contributed by atoms with van der Waals surface area (Å²) in [7, 11) is 0. The van der Waals surface area contributed by atoms with Crippen molar-refractivity contribution in [3.63, 3.8) is 0 Å². The number of hydrogen-bond acceptors (Lipinski definition) is 3. The van der Waals surface area contributed by atoms with Gasteiger partial charge < -0.3 is 9.64 Å². The van der Waals surface area contributed by atoms with Crippen molar-refractivity contribution in [3.8, 4) is 0 Å². The number of piperidine rings is 3. The minimum absolute atomic E-state index is 0.0281. The molecule has 136 valence electrons. The molecule has 0 amide bonds. The first kappa shape index (κ1) is 17.8. The van der Waals surface area contributed by atoms with Crippen LogP contribution in [0.3, 0.4) is 0 Å². The minimum atomic E-state index is -0.451. The lowest BCUT2D eigenvalue weighted by Crippen LogP contribution is -2.50. The molecule has 0 radical (unpaired) electrons. The SMILES string of the molecule is O=C(OC(c1ccc(Cl)cc1)c1ccc(Cl)cc1)C1CN2CCC1CC2. The molecular formula is C21H21Cl2NO2. The van der Waals surface area contributed by atoms with Crippen LogP contribution in [0.25, 0.3) is 0 Å². The van der Waals surface area contributed by atoms with E-state index in [1.807, 2.05) is 48.5 Å². The maximum Gasteiger partial charge on any atom is 0.311 e. The summed E-state index contributed by atoms with van der Waals surface area (Å²) in [6.07, 6.45) is 1.73. The second-order valence-corrected chi connectivity index (χ2v) is 8.04. The zero-order valence-electron chi connectivity index (χ0n) is 14.4. The molecule has 1 atom stereocenters. The quantitative estimate of drug-likeness (QED) is 0.691. The highest BCUT2D eigenvalue weighted by molar-refractivity contribution is 6.30. The standard InChI is InChI=1S/C21H21Cl2NO2/c22-17-5-1-15(2-6-17)20(16-3-7-18(23)8-4-16)26-21(25)19-13-24-11-9-14(19)10-12-24/h1-8,14,19-20H,9-13H2. The summed E-state index contributed by atoms with van der Waals surface area (Å²) in [6, 6.07) is 14.9. The topological polar surface area (TPSA) is 29.5 Å². The van der Waals surface area contributed by atoms with Crippen molar-refractivity contribution in [2.45, 2.75) is 18.9 Å². The Morgan fingerprint density at radius 1 is 0.923 bits per heavy atom. The lowest BCUT2D eigenvalue weighted by Gasteiger charge is -2.43. The van der Waals surface area contributed by atoms with Gasteiger partial charge in [0.05, 0.1) is 5.92 Å². The smallest absolute Gasteiger partial charge is 0.311 e. The Morgan fingerprint density at radius 2 is 1.42 bits per heavy atom. The number of rotatable bonds is 4. The van der Waals surface area contributed by atoms with Crippen LogP contribution in [0.2, 0.25) is 10.0 Å². The van der Waals surface area contributed by atoms with Crippen LogP contribution in [-0.4, -0.2) is 30.5 Å². The molecule has 2 bridgehead atoms. The number of carbonyl (C=O) groups is 1. The van der Waals surface area contributed by atoms with E-state index in [0.717, 1.165) is 43.6 Å². The van der Waals surface area contributed by atoms with Crippen LogP contribution in [0.15, 0.2) is 48.5 Å². The summed E-state index contributed by atoms with van der Waals surface area (Å²) < 4.78 is 6.04. The van der Waals surface area contributed by atoms with Crippen LogP contribution in [0, 0.1) is 11.8 Å². The minimum Gasteiger partial charge on any atom is -0.452 e. The van der Waals surface area contributed by atoms with Gasteiger partial charge in [0.1, 0.15) is 0 Å². The number of halogens is 2. The van der Waals surface area contributed by atoms with Gasteiger partial charge in [-0.05, 0) is 67.2 Å². The third-order valence-electron chi connectivity index (χ3n) is 5.54. The molecule has 0 aromatic heterocycles. The predicted octanol–water partition coefficient (Wildman–Crippen LogP) is 4.97. The molecule has 3 aliphatic heterocycles. The molecule has 3 nitrogen and oxygen atoms in total. The highest BCUT2D eigenvalue weighted by Gasteiger charge is 2.40. The van der Waals surface area contributed by atoms with Crippen molar-refractivity contribution in [1.29, 1.82) is 0 Å². The molecule has 2 aromatic rings. The number of ether oxygens (including phenoxy) is 1. The summed E-state index contributed by atoms with van der Waals surface area (Å²) in [5.41, 5.74) is 1.82. The van der Waals surface area contributed by atoms with Gasteiger partial charge in [0, 0.05) is 16.6 Å². The van der Waals surface area contributed by atoms with Crippen molar-refractivity contribution in [2.75, 3.05) is 19.6 Å². The lowest BCUT2D eigenvalue weighted by atomic mass is 9.79. The Balaban J connectivity index is 1.59. The molecule has 3 fully saturated rings. The normalized spacial score (nSPS) is 24.7. The van der Waals surface area contributed by atoms with Crippen LogP contribution in [0.4, 0.5) is 0 Å². The maximum atomic E-state index is 13.0. The third-order valence-corrected chi connectivity index (χ3v) is 6.04. The van der Waals surface area contributed by atoms with E-state index in [0.29, 0.717) is 16.0 Å². The predicted molar refractivity (Wildman–Crippen MR) is 103 cm³/mol. The van der Waals surface area contributed by atoms with Gasteiger partial charge in [0.15, 0.2) is 6.10 Å². The molecule has 26 heavy (non-hydrogen) atoms. The van der Waals surface area contributed by atoms with Gasteiger partial charge in [-0.1, -0.05) is 47.5 Å². The van der Waals surface area contributed by atoms with Crippen LogP contribution >= 0.6 is 23.2 Å². The van der Waals surface area contributed by atoms with E-state index in [2.05, 4.69) is 4.90 Å². The Hall–Kier alpha value is -1.55. The molecule has 0 aliphatic carbocycles. The van der Waals surface area contributed by atoms with Gasteiger partial charge in [-0.15, -0.1) is 0 Å². The van der Waals surface area contributed by atoms with Crippen molar-refractivity contribution >= 4 is 29.2 Å². The van der Waals surface area contributed by atoms with Crippen molar-refractivity contribution in [1.82, 2.24) is 4.90 Å². The molecule has 0 spiro atoms. The van der Waals surface area contributed by atoms with Crippen LogP contribution < -0.4 is 0 Å². The monoisotopic (exact) mass is 389 g/mol. The molecular weight excluding hydrogens is 369 g/mol. The van der Waals surface area contributed by atoms with Gasteiger partial charge in [0.25, 0.3) is 0 Å². The van der Waals surface area contributed by atoms with E-state index in [9.17, 15) is 4.79 Å². The average Bonchev–Trinajstić information content (AvgIpc) is 2.68. The molecule has 5 heteroatoms. The Labute approximate surface area is 163 Å². The highest BCUT2D eigenvalue weighted by atomic mass is 35.5. The fourth-order valence-electron chi connectivity index (χ4n) is 4.04. The summed E-state index contributed by atoms with van der Waals surface area (Å²) in [5, 5.41) is 1.32. The van der Waals surface area contributed by atoms with E-state index in [1.54, 1.807) is 0 Å². The second kappa shape index (κ2) is 7.59. The summed E-state index contributed by atoms with van der Waals surface area (Å²) in [6.45, 7) is 3.02. The highest BCUT2D eigenvalue weighted by Crippen LogP contribution is 2.36. The Bertz CT molecular complexity index is 722. The van der Waals surface area contributed by atoms with E-state index in [4.69, 9.17) is 27.9 Å². The Kier molecular flexibility index (Phi) is 5.21. The summed E-state index contributed by atoms with van der Waals surface area (Å²) in [4.78, 5) is 15.3. The van der Waals surface area contributed by atoms with Crippen molar-refractivity contribution < 1.29 is 9.53 Å². The third kappa shape index (κ3) is 3.75. The average molecular weight is 390 g/mol. The number of fused-ring (bicyclic) bond motifs is 3. The number of hydrogen-bond donors (Lipinski definition) is 0. The van der Waals surface area contributed by atoms with Crippen molar-refractivity contribution in [2.24, 2.45) is 11.8 Å². The zero-order chi connectivity index (χ0) is 18.1. The first-order chi connectivity index (χ1) is 12.6. The van der Waals surface area contributed by atoms with Gasteiger partial charge in [-0.2, -0.15) is 0 Å². The number of esters is 1. The molecule has 3 saturated heterocycles. The zero-order valence-corrected chi connectivity index (χ0v) is 15.9. The van der Waals surface area contributed by atoms with Crippen LogP contribution in [0.1, 0.15) is 30.1 Å².